The van der Waals surface area contributed by atoms with Crippen LogP contribution in [-0.4, -0.2) is 32.7 Å². The van der Waals surface area contributed by atoms with Gasteiger partial charge in [0, 0.05) is 6.07 Å². The number of nitrogens with one attached hydrogen (secondary N) is 2. The average Bonchev–Trinajstić information content (AvgIpc) is 2.29. The van der Waals surface area contributed by atoms with Crippen molar-refractivity contribution < 1.29 is 18.3 Å². The Bertz CT molecular complexity index is 386. The Kier molecular flexibility index (Phi) is 5.35. The van der Waals surface area contributed by atoms with E-state index in [9.17, 15) is 13.6 Å². The summed E-state index contributed by atoms with van der Waals surface area (Å²) in [6.45, 7) is 0.727. The Labute approximate surface area is 98.0 Å². The van der Waals surface area contributed by atoms with E-state index in [1.54, 1.807) is 7.05 Å². The summed E-state index contributed by atoms with van der Waals surface area (Å²) in [5, 5.41) is 5.28. The summed E-state index contributed by atoms with van der Waals surface area (Å²) >= 11 is 0. The molecule has 4 nitrogen and oxygen atoms in total. The van der Waals surface area contributed by atoms with E-state index in [4.69, 9.17) is 4.74 Å². The maximum atomic E-state index is 12.8. The van der Waals surface area contributed by atoms with Crippen molar-refractivity contribution in [1.82, 2.24) is 10.6 Å². The number of benzene rings is 1. The van der Waals surface area contributed by atoms with Gasteiger partial charge in [-0.25, -0.2) is 8.78 Å². The number of likely N-dealkylation sites (N-methyl/N-ethyl adjacent to an activating group) is 1. The highest BCUT2D eigenvalue weighted by Crippen LogP contribution is 2.14. The average molecular weight is 244 g/mol. The Balaban J connectivity index is 2.26. The highest BCUT2D eigenvalue weighted by atomic mass is 19.2. The molecule has 0 aromatic heterocycles. The van der Waals surface area contributed by atoms with Gasteiger partial charge in [0.1, 0.15) is 12.4 Å². The predicted octanol–water partition coefficient (Wildman–Crippen LogP) is 0.679. The summed E-state index contributed by atoms with van der Waals surface area (Å²) < 4.78 is 30.5. The maximum Gasteiger partial charge on any atom is 0.234 e. The molecule has 1 amide bonds. The molecule has 2 N–H and O–H groups in total. The second-order valence-corrected chi connectivity index (χ2v) is 3.30. The van der Waals surface area contributed by atoms with Gasteiger partial charge in [0.15, 0.2) is 11.6 Å². The van der Waals surface area contributed by atoms with Crippen LogP contribution in [0.25, 0.3) is 0 Å². The van der Waals surface area contributed by atoms with Crippen molar-refractivity contribution in [3.63, 3.8) is 0 Å². The van der Waals surface area contributed by atoms with E-state index in [0.29, 0.717) is 6.54 Å². The van der Waals surface area contributed by atoms with E-state index >= 15 is 0 Å². The predicted molar refractivity (Wildman–Crippen MR) is 58.8 cm³/mol. The zero-order chi connectivity index (χ0) is 12.7. The number of ether oxygens (including phenoxy) is 1. The molecule has 1 aromatic rings. The van der Waals surface area contributed by atoms with Crippen LogP contribution in [0.5, 0.6) is 5.75 Å². The molecule has 0 aliphatic carbocycles. The first-order valence-electron chi connectivity index (χ1n) is 5.12. The third kappa shape index (κ3) is 4.78. The molecule has 0 heterocycles. The van der Waals surface area contributed by atoms with Crippen molar-refractivity contribution in [2.45, 2.75) is 0 Å². The van der Waals surface area contributed by atoms with E-state index in [1.165, 1.54) is 6.07 Å². The molecule has 0 aliphatic heterocycles. The van der Waals surface area contributed by atoms with Gasteiger partial charge in [0.25, 0.3) is 0 Å². The van der Waals surface area contributed by atoms with Crippen LogP contribution in [0.2, 0.25) is 0 Å². The zero-order valence-electron chi connectivity index (χ0n) is 9.43. The van der Waals surface area contributed by atoms with Crippen LogP contribution < -0.4 is 15.4 Å². The van der Waals surface area contributed by atoms with Gasteiger partial charge in [-0.2, -0.15) is 0 Å². The van der Waals surface area contributed by atoms with Gasteiger partial charge in [-0.1, -0.05) is 0 Å². The Morgan fingerprint density at radius 3 is 2.76 bits per heavy atom. The topological polar surface area (TPSA) is 50.4 Å². The summed E-state index contributed by atoms with van der Waals surface area (Å²) in [4.78, 5) is 11.0. The van der Waals surface area contributed by atoms with Crippen molar-refractivity contribution in [3.8, 4) is 5.75 Å². The van der Waals surface area contributed by atoms with E-state index in [0.717, 1.165) is 12.1 Å². The molecule has 94 valence electrons. The fourth-order valence-electron chi connectivity index (χ4n) is 1.15. The van der Waals surface area contributed by atoms with Crippen molar-refractivity contribution in [2.75, 3.05) is 26.7 Å². The SMILES string of the molecule is CNCC(=O)NCCOc1ccc(F)c(F)c1. The monoisotopic (exact) mass is 244 g/mol. The lowest BCUT2D eigenvalue weighted by Gasteiger charge is -2.07. The molecule has 0 fully saturated rings. The molecule has 0 bridgehead atoms. The second-order valence-electron chi connectivity index (χ2n) is 3.30. The molecule has 17 heavy (non-hydrogen) atoms. The minimum atomic E-state index is -0.957. The van der Waals surface area contributed by atoms with E-state index in [2.05, 4.69) is 10.6 Å². The van der Waals surface area contributed by atoms with Crippen molar-refractivity contribution >= 4 is 5.91 Å². The number of rotatable bonds is 6. The highest BCUT2D eigenvalue weighted by molar-refractivity contribution is 5.77. The molecule has 1 rings (SSSR count). The molecule has 0 aliphatic rings. The minimum absolute atomic E-state index is 0.151. The molecule has 6 heteroatoms. The second kappa shape index (κ2) is 6.80. The fourth-order valence-corrected chi connectivity index (χ4v) is 1.15. The van der Waals surface area contributed by atoms with Crippen molar-refractivity contribution in [3.05, 3.63) is 29.8 Å². The maximum absolute atomic E-state index is 12.8. The number of hydrogen-bond acceptors (Lipinski definition) is 3. The van der Waals surface area contributed by atoms with Crippen LogP contribution in [0.1, 0.15) is 0 Å². The van der Waals surface area contributed by atoms with Gasteiger partial charge in [0.2, 0.25) is 5.91 Å². The van der Waals surface area contributed by atoms with Crippen LogP contribution >= 0.6 is 0 Å². The van der Waals surface area contributed by atoms with Crippen LogP contribution in [-0.2, 0) is 4.79 Å². The number of amides is 1. The van der Waals surface area contributed by atoms with Gasteiger partial charge in [-0.3, -0.25) is 4.79 Å². The van der Waals surface area contributed by atoms with Gasteiger partial charge in [-0.05, 0) is 19.2 Å². The number of carbonyl (C=O) groups excluding carboxylic acids is 1. The standard InChI is InChI=1S/C11H14F2N2O2/c1-14-7-11(16)15-4-5-17-8-2-3-9(12)10(13)6-8/h2-3,6,14H,4-5,7H2,1H3,(H,15,16). The van der Waals surface area contributed by atoms with Crippen LogP contribution in [0.3, 0.4) is 0 Å². The largest absolute Gasteiger partial charge is 0.492 e. The molecular weight excluding hydrogens is 230 g/mol. The lowest BCUT2D eigenvalue weighted by atomic mass is 10.3. The Hall–Kier alpha value is -1.69. The van der Waals surface area contributed by atoms with Crippen LogP contribution in [0.15, 0.2) is 18.2 Å². The molecule has 0 saturated carbocycles. The number of halogens is 2. The van der Waals surface area contributed by atoms with E-state index < -0.39 is 11.6 Å². The Morgan fingerprint density at radius 1 is 1.35 bits per heavy atom. The first kappa shape index (κ1) is 13.4. The van der Waals surface area contributed by atoms with Crippen molar-refractivity contribution in [2.24, 2.45) is 0 Å². The van der Waals surface area contributed by atoms with Crippen LogP contribution in [0, 0.1) is 11.6 Å². The molecule has 0 unspecified atom stereocenters. The van der Waals surface area contributed by atoms with Gasteiger partial charge in [-0.15, -0.1) is 0 Å². The third-order valence-corrected chi connectivity index (χ3v) is 1.92. The first-order chi connectivity index (χ1) is 8.13. The minimum Gasteiger partial charge on any atom is -0.492 e. The summed E-state index contributed by atoms with van der Waals surface area (Å²) in [6, 6.07) is 3.28. The lowest BCUT2D eigenvalue weighted by molar-refractivity contribution is -0.120. The van der Waals surface area contributed by atoms with Crippen LogP contribution in [0.4, 0.5) is 8.78 Å². The zero-order valence-corrected chi connectivity index (χ0v) is 9.43. The highest BCUT2D eigenvalue weighted by Gasteiger charge is 2.03. The molecule has 0 saturated heterocycles. The summed E-state index contributed by atoms with van der Waals surface area (Å²) in [5.74, 6) is -1.80. The molecular formula is C11H14F2N2O2. The summed E-state index contributed by atoms with van der Waals surface area (Å²) in [5.41, 5.74) is 0. The molecule has 1 aromatic carbocycles. The number of hydrogen-bond donors (Lipinski definition) is 2. The first-order valence-corrected chi connectivity index (χ1v) is 5.12. The molecule has 0 radical (unpaired) electrons. The van der Waals surface area contributed by atoms with E-state index in [1.807, 2.05) is 0 Å². The normalized spacial score (nSPS) is 10.1. The fraction of sp³-hybridized carbons (Fsp3) is 0.364. The molecule has 0 atom stereocenters. The van der Waals surface area contributed by atoms with Crippen molar-refractivity contribution in [1.29, 1.82) is 0 Å². The summed E-state index contributed by atoms with van der Waals surface area (Å²) in [6.07, 6.45) is 0. The smallest absolute Gasteiger partial charge is 0.234 e. The molecule has 0 spiro atoms. The number of carbonyl (C=O) groups is 1. The quantitative estimate of drug-likeness (QED) is 0.723. The van der Waals surface area contributed by atoms with Gasteiger partial charge < -0.3 is 15.4 Å². The van der Waals surface area contributed by atoms with Gasteiger partial charge in [0.05, 0.1) is 13.1 Å². The Morgan fingerprint density at radius 2 is 2.12 bits per heavy atom. The third-order valence-electron chi connectivity index (χ3n) is 1.92. The van der Waals surface area contributed by atoms with Gasteiger partial charge >= 0.3 is 0 Å². The summed E-state index contributed by atoms with van der Waals surface area (Å²) in [7, 11) is 1.66. The van der Waals surface area contributed by atoms with E-state index in [-0.39, 0.29) is 24.8 Å². The lowest BCUT2D eigenvalue weighted by Crippen LogP contribution is -2.34.